The van der Waals surface area contributed by atoms with Crippen LogP contribution >= 0.6 is 12.2 Å². The maximum absolute atomic E-state index is 11.4. The van der Waals surface area contributed by atoms with E-state index in [4.69, 9.17) is 17.0 Å². The number of nitrogens with one attached hydrogen (secondary N) is 2. The number of hydrogen-bond donors (Lipinski definition) is 2. The average molecular weight is 331 g/mol. The Morgan fingerprint density at radius 1 is 1.48 bits per heavy atom. The Bertz CT molecular complexity index is 822. The van der Waals surface area contributed by atoms with Crippen molar-refractivity contribution in [2.45, 2.75) is 25.9 Å². The number of ether oxygens (including phenoxy) is 1. The highest BCUT2D eigenvalue weighted by Gasteiger charge is 2.25. The number of hydrogen-bond acceptors (Lipinski definition) is 6. The van der Waals surface area contributed by atoms with Crippen LogP contribution in [-0.4, -0.2) is 46.8 Å². The van der Waals surface area contributed by atoms with Crippen molar-refractivity contribution in [2.75, 3.05) is 13.4 Å². The van der Waals surface area contributed by atoms with Crippen LogP contribution < -0.4 is 9.46 Å². The molecule has 0 spiro atoms. The van der Waals surface area contributed by atoms with Crippen molar-refractivity contribution in [2.24, 2.45) is 0 Å². The maximum atomic E-state index is 11.4. The van der Waals surface area contributed by atoms with Crippen molar-refractivity contribution in [3.05, 3.63) is 11.1 Å². The number of methoxy groups -OCH3 is 1. The molecule has 10 heteroatoms. The summed E-state index contributed by atoms with van der Waals surface area (Å²) in [5, 5.41) is 0. The number of rotatable bonds is 5. The molecule has 8 nitrogen and oxygen atoms in total. The van der Waals surface area contributed by atoms with Gasteiger partial charge in [-0.3, -0.25) is 4.57 Å². The number of aromatic amines is 1. The van der Waals surface area contributed by atoms with Crippen LogP contribution in [0, 0.1) is 4.77 Å². The predicted molar refractivity (Wildman–Crippen MR) is 81.3 cm³/mol. The molecule has 0 aliphatic carbocycles. The molecule has 0 amide bonds. The third-order valence-electron chi connectivity index (χ3n) is 2.73. The number of fused-ring (bicyclic) bond motifs is 1. The van der Waals surface area contributed by atoms with Crippen LogP contribution in [0.1, 0.15) is 13.8 Å². The summed E-state index contributed by atoms with van der Waals surface area (Å²) in [4.78, 5) is 11.2. The van der Waals surface area contributed by atoms with Gasteiger partial charge in [0.15, 0.2) is 10.4 Å². The molecule has 0 bridgehead atoms. The normalized spacial score (nSPS) is 12.8. The van der Waals surface area contributed by atoms with E-state index in [1.54, 1.807) is 18.4 Å². The lowest BCUT2D eigenvalue weighted by molar-refractivity contribution is 0.392. The summed E-state index contributed by atoms with van der Waals surface area (Å²) in [5.41, 5.74) is 0.425. The van der Waals surface area contributed by atoms with E-state index in [0.29, 0.717) is 28.4 Å². The Morgan fingerprint density at radius 3 is 2.71 bits per heavy atom. The van der Waals surface area contributed by atoms with Gasteiger partial charge in [-0.05, 0) is 26.1 Å². The highest BCUT2D eigenvalue weighted by Crippen LogP contribution is 2.21. The molecule has 0 saturated carbocycles. The summed E-state index contributed by atoms with van der Waals surface area (Å²) in [7, 11) is -1.82. The predicted octanol–water partition coefficient (Wildman–Crippen LogP) is 0.825. The van der Waals surface area contributed by atoms with Gasteiger partial charge in [0.25, 0.3) is 0 Å². The van der Waals surface area contributed by atoms with Crippen LogP contribution in [0.2, 0.25) is 0 Å². The van der Waals surface area contributed by atoms with Crippen LogP contribution in [0.5, 0.6) is 5.88 Å². The van der Waals surface area contributed by atoms with Gasteiger partial charge >= 0.3 is 0 Å². The van der Waals surface area contributed by atoms with E-state index in [-0.39, 0.29) is 0 Å². The van der Waals surface area contributed by atoms with Gasteiger partial charge in [-0.25, -0.2) is 18.1 Å². The Morgan fingerprint density at radius 2 is 2.14 bits per heavy atom. The molecule has 0 atom stereocenters. The van der Waals surface area contributed by atoms with E-state index < -0.39 is 15.6 Å². The van der Waals surface area contributed by atoms with Gasteiger partial charge in [-0.15, -0.1) is 0 Å². The molecule has 0 aliphatic rings. The van der Waals surface area contributed by atoms with Crippen molar-refractivity contribution in [3.8, 4) is 5.88 Å². The van der Waals surface area contributed by atoms with E-state index in [1.807, 2.05) is 0 Å². The first-order valence-electron chi connectivity index (χ1n) is 6.09. The lowest BCUT2D eigenvalue weighted by Gasteiger charge is -2.25. The molecule has 2 aromatic rings. The summed E-state index contributed by atoms with van der Waals surface area (Å²) in [6.07, 6.45) is 2.49. The first kappa shape index (κ1) is 15.9. The van der Waals surface area contributed by atoms with Crippen molar-refractivity contribution in [1.82, 2.24) is 24.2 Å². The van der Waals surface area contributed by atoms with Crippen molar-refractivity contribution < 1.29 is 13.2 Å². The molecule has 21 heavy (non-hydrogen) atoms. The molecule has 0 aliphatic heterocycles. The fourth-order valence-electron chi connectivity index (χ4n) is 2.18. The summed E-state index contributed by atoms with van der Waals surface area (Å²) < 4.78 is 32.7. The summed E-state index contributed by atoms with van der Waals surface area (Å²) in [5.74, 6) is 0.388. The number of imidazole rings is 1. The molecule has 2 aromatic heterocycles. The second-order valence-corrected chi connectivity index (χ2v) is 7.49. The zero-order chi connectivity index (χ0) is 15.8. The minimum atomic E-state index is -3.33. The number of sulfonamides is 1. The molecule has 2 rings (SSSR count). The summed E-state index contributed by atoms with van der Waals surface area (Å²) in [6.45, 7) is 3.86. The second-order valence-electron chi connectivity index (χ2n) is 5.36. The largest absolute Gasteiger partial charge is 0.479 e. The quantitative estimate of drug-likeness (QED) is 0.787. The molecular weight excluding hydrogens is 314 g/mol. The first-order chi connectivity index (χ1) is 9.63. The number of H-pyrrole nitrogens is 1. The van der Waals surface area contributed by atoms with E-state index in [0.717, 1.165) is 6.26 Å². The van der Waals surface area contributed by atoms with Gasteiger partial charge in [0.2, 0.25) is 15.9 Å². The molecule has 2 heterocycles. The van der Waals surface area contributed by atoms with Gasteiger partial charge in [-0.1, -0.05) is 0 Å². The van der Waals surface area contributed by atoms with Gasteiger partial charge < -0.3 is 9.72 Å². The molecule has 0 radical (unpaired) electrons. The van der Waals surface area contributed by atoms with E-state index in [9.17, 15) is 8.42 Å². The second kappa shape index (κ2) is 5.35. The molecule has 0 fully saturated rings. The van der Waals surface area contributed by atoms with Crippen LogP contribution in [0.15, 0.2) is 6.33 Å². The first-order valence-corrected chi connectivity index (χ1v) is 8.39. The number of nitrogens with zero attached hydrogens (tertiary/aromatic N) is 3. The van der Waals surface area contributed by atoms with Crippen LogP contribution in [0.4, 0.5) is 0 Å². The Balaban J connectivity index is 2.48. The molecule has 0 unspecified atom stereocenters. The van der Waals surface area contributed by atoms with Crippen LogP contribution in [-0.2, 0) is 16.6 Å². The molecule has 2 N–H and O–H groups in total. The lowest BCUT2D eigenvalue weighted by atomic mass is 10.1. The fourth-order valence-corrected chi connectivity index (χ4v) is 3.50. The van der Waals surface area contributed by atoms with Crippen LogP contribution in [0.25, 0.3) is 11.2 Å². The van der Waals surface area contributed by atoms with E-state index in [2.05, 4.69) is 19.7 Å². The Hall–Kier alpha value is -1.52. The zero-order valence-corrected chi connectivity index (χ0v) is 13.8. The van der Waals surface area contributed by atoms with Crippen molar-refractivity contribution in [3.63, 3.8) is 0 Å². The topological polar surface area (TPSA) is 102 Å². The third-order valence-corrected chi connectivity index (χ3v) is 3.98. The highest BCUT2D eigenvalue weighted by molar-refractivity contribution is 7.88. The van der Waals surface area contributed by atoms with Crippen molar-refractivity contribution in [1.29, 1.82) is 0 Å². The molecule has 0 aromatic carbocycles. The SMILES string of the molecule is COc1ncnc2c1[nH]c(=S)n2CC(C)(C)NS(C)(=O)=O. The average Bonchev–Trinajstić information content (AvgIpc) is 2.62. The fraction of sp³-hybridized carbons (Fsp3) is 0.545. The standard InChI is InChI=1S/C11H17N5O3S2/c1-11(2,15-21(4,17)18)5-16-8-7(14-10(16)20)9(19-3)13-6-12-8/h6,15H,5H2,1-4H3,(H,14,20). The Labute approximate surface area is 127 Å². The molecule has 116 valence electrons. The zero-order valence-electron chi connectivity index (χ0n) is 12.2. The molecular formula is C11H17N5O3S2. The highest BCUT2D eigenvalue weighted by atomic mass is 32.2. The van der Waals surface area contributed by atoms with Gasteiger partial charge in [0.1, 0.15) is 11.8 Å². The number of aromatic nitrogens is 4. The molecule has 0 saturated heterocycles. The smallest absolute Gasteiger partial charge is 0.242 e. The minimum absolute atomic E-state index is 0.319. The van der Waals surface area contributed by atoms with Crippen molar-refractivity contribution >= 4 is 33.4 Å². The Kier molecular flexibility index (Phi) is 4.04. The minimum Gasteiger partial charge on any atom is -0.479 e. The van der Waals surface area contributed by atoms with E-state index in [1.165, 1.54) is 13.4 Å². The summed E-state index contributed by atoms with van der Waals surface area (Å²) >= 11 is 5.28. The van der Waals surface area contributed by atoms with Crippen LogP contribution in [0.3, 0.4) is 0 Å². The van der Waals surface area contributed by atoms with Gasteiger partial charge in [0, 0.05) is 12.1 Å². The summed E-state index contributed by atoms with van der Waals surface area (Å²) in [6, 6.07) is 0. The van der Waals surface area contributed by atoms with Gasteiger partial charge in [0.05, 0.1) is 13.4 Å². The van der Waals surface area contributed by atoms with Gasteiger partial charge in [-0.2, -0.15) is 4.98 Å². The maximum Gasteiger partial charge on any atom is 0.242 e. The lowest BCUT2D eigenvalue weighted by Crippen LogP contribution is -2.46. The monoisotopic (exact) mass is 331 g/mol. The third kappa shape index (κ3) is 3.57. The van der Waals surface area contributed by atoms with E-state index >= 15 is 0 Å².